The van der Waals surface area contributed by atoms with E-state index in [0.29, 0.717) is 12.0 Å². The number of aromatic nitrogens is 2. The van der Waals surface area contributed by atoms with Crippen LogP contribution in [-0.4, -0.2) is 16.0 Å². The lowest BCUT2D eigenvalue weighted by Gasteiger charge is -2.08. The molecule has 2 rings (SSSR count). The van der Waals surface area contributed by atoms with Crippen LogP contribution in [0.4, 0.5) is 5.95 Å². The lowest BCUT2D eigenvalue weighted by molar-refractivity contribution is 0.874. The summed E-state index contributed by atoms with van der Waals surface area (Å²) in [5, 5.41) is 3.19. The number of hydrogen-bond acceptors (Lipinski definition) is 3. The summed E-state index contributed by atoms with van der Waals surface area (Å²) in [5.41, 5.74) is 3.60. The number of benzene rings is 1. The number of rotatable bonds is 5. The Balaban J connectivity index is 2.13. The standard InChI is InChI=1S/C16H21N3/c1-4-5-13-6-8-14(9-7-13)15-10-17-16(18-11-15)19-12(2)3/h6-12H,4-5H2,1-3H3,(H,17,18,19). The van der Waals surface area contributed by atoms with Crippen LogP contribution in [0, 0.1) is 0 Å². The molecular formula is C16H21N3. The molecule has 0 radical (unpaired) electrons. The van der Waals surface area contributed by atoms with Crippen LogP contribution in [0.15, 0.2) is 36.7 Å². The van der Waals surface area contributed by atoms with Crippen molar-refractivity contribution in [3.63, 3.8) is 0 Å². The average Bonchev–Trinajstić information content (AvgIpc) is 2.40. The van der Waals surface area contributed by atoms with Crippen LogP contribution in [-0.2, 0) is 6.42 Å². The van der Waals surface area contributed by atoms with Gasteiger partial charge in [0.1, 0.15) is 0 Å². The van der Waals surface area contributed by atoms with Crippen molar-refractivity contribution in [1.82, 2.24) is 9.97 Å². The van der Waals surface area contributed by atoms with Crippen molar-refractivity contribution < 1.29 is 0 Å². The molecule has 1 N–H and O–H groups in total. The van der Waals surface area contributed by atoms with Crippen LogP contribution in [0.3, 0.4) is 0 Å². The summed E-state index contributed by atoms with van der Waals surface area (Å²) in [7, 11) is 0. The second kappa shape index (κ2) is 6.32. The summed E-state index contributed by atoms with van der Waals surface area (Å²) in [6, 6.07) is 8.98. The first-order chi connectivity index (χ1) is 9.19. The minimum absolute atomic E-state index is 0.346. The normalized spacial score (nSPS) is 10.7. The molecule has 0 atom stereocenters. The van der Waals surface area contributed by atoms with Gasteiger partial charge in [0.2, 0.25) is 5.95 Å². The fourth-order valence-corrected chi connectivity index (χ4v) is 1.96. The Hall–Kier alpha value is -1.90. The minimum Gasteiger partial charge on any atom is -0.352 e. The van der Waals surface area contributed by atoms with Gasteiger partial charge in [0.05, 0.1) is 0 Å². The first-order valence-corrected chi connectivity index (χ1v) is 6.87. The van der Waals surface area contributed by atoms with Gasteiger partial charge in [0.15, 0.2) is 0 Å². The molecule has 19 heavy (non-hydrogen) atoms. The smallest absolute Gasteiger partial charge is 0.222 e. The zero-order chi connectivity index (χ0) is 13.7. The molecule has 1 aromatic heterocycles. The van der Waals surface area contributed by atoms with Crippen LogP contribution in [0.2, 0.25) is 0 Å². The van der Waals surface area contributed by atoms with E-state index in [-0.39, 0.29) is 0 Å². The molecule has 2 aromatic rings. The van der Waals surface area contributed by atoms with Crippen LogP contribution < -0.4 is 5.32 Å². The predicted molar refractivity (Wildman–Crippen MR) is 80.2 cm³/mol. The lowest BCUT2D eigenvalue weighted by Crippen LogP contribution is -2.12. The fourth-order valence-electron chi connectivity index (χ4n) is 1.96. The molecule has 3 nitrogen and oxygen atoms in total. The summed E-state index contributed by atoms with van der Waals surface area (Å²) in [6.45, 7) is 6.34. The van der Waals surface area contributed by atoms with Crippen LogP contribution in [0.5, 0.6) is 0 Å². The summed E-state index contributed by atoms with van der Waals surface area (Å²) in [4.78, 5) is 8.66. The third-order valence-electron chi connectivity index (χ3n) is 2.90. The molecule has 0 saturated carbocycles. The van der Waals surface area contributed by atoms with E-state index in [9.17, 15) is 0 Å². The van der Waals surface area contributed by atoms with Gasteiger partial charge in [-0.25, -0.2) is 9.97 Å². The van der Waals surface area contributed by atoms with Crippen LogP contribution in [0.1, 0.15) is 32.8 Å². The van der Waals surface area contributed by atoms with Gasteiger partial charge in [-0.05, 0) is 31.4 Å². The van der Waals surface area contributed by atoms with E-state index in [1.807, 2.05) is 12.4 Å². The molecule has 0 saturated heterocycles. The Kier molecular flexibility index (Phi) is 4.50. The quantitative estimate of drug-likeness (QED) is 0.880. The first-order valence-electron chi connectivity index (χ1n) is 6.87. The summed E-state index contributed by atoms with van der Waals surface area (Å²) in [5.74, 6) is 0.682. The third kappa shape index (κ3) is 3.78. The highest BCUT2D eigenvalue weighted by Crippen LogP contribution is 2.19. The number of nitrogens with zero attached hydrogens (tertiary/aromatic N) is 2. The highest BCUT2D eigenvalue weighted by molar-refractivity contribution is 5.62. The fraction of sp³-hybridized carbons (Fsp3) is 0.375. The van der Waals surface area contributed by atoms with Gasteiger partial charge in [0, 0.05) is 24.0 Å². The van der Waals surface area contributed by atoms with E-state index in [1.54, 1.807) is 0 Å². The maximum atomic E-state index is 4.33. The molecule has 1 aromatic carbocycles. The highest BCUT2D eigenvalue weighted by atomic mass is 15.1. The molecule has 0 aliphatic rings. The van der Waals surface area contributed by atoms with E-state index in [0.717, 1.165) is 17.5 Å². The van der Waals surface area contributed by atoms with Crippen molar-refractivity contribution in [1.29, 1.82) is 0 Å². The zero-order valence-corrected chi connectivity index (χ0v) is 11.9. The molecule has 0 unspecified atom stereocenters. The van der Waals surface area contributed by atoms with Gasteiger partial charge >= 0.3 is 0 Å². The number of aryl methyl sites for hydroxylation is 1. The van der Waals surface area contributed by atoms with Gasteiger partial charge in [-0.2, -0.15) is 0 Å². The predicted octanol–water partition coefficient (Wildman–Crippen LogP) is 3.92. The Morgan fingerprint density at radius 2 is 1.63 bits per heavy atom. The monoisotopic (exact) mass is 255 g/mol. The van der Waals surface area contributed by atoms with E-state index in [2.05, 4.69) is 60.3 Å². The van der Waals surface area contributed by atoms with E-state index in [1.165, 1.54) is 12.0 Å². The first kappa shape index (κ1) is 13.5. The number of anilines is 1. The van der Waals surface area contributed by atoms with Gasteiger partial charge in [-0.15, -0.1) is 0 Å². The average molecular weight is 255 g/mol. The van der Waals surface area contributed by atoms with Gasteiger partial charge in [-0.1, -0.05) is 37.6 Å². The highest BCUT2D eigenvalue weighted by Gasteiger charge is 2.02. The molecule has 0 bridgehead atoms. The number of nitrogens with one attached hydrogen (secondary N) is 1. The molecule has 0 amide bonds. The summed E-state index contributed by atoms with van der Waals surface area (Å²) < 4.78 is 0. The molecule has 1 heterocycles. The van der Waals surface area contributed by atoms with Gasteiger partial charge in [0.25, 0.3) is 0 Å². The maximum absolute atomic E-state index is 4.33. The third-order valence-corrected chi connectivity index (χ3v) is 2.90. The second-order valence-corrected chi connectivity index (χ2v) is 5.04. The van der Waals surface area contributed by atoms with Crippen molar-refractivity contribution in [2.75, 3.05) is 5.32 Å². The molecule has 0 aliphatic carbocycles. The van der Waals surface area contributed by atoms with Crippen molar-refractivity contribution in [3.05, 3.63) is 42.2 Å². The Bertz CT molecular complexity index is 501. The van der Waals surface area contributed by atoms with E-state index < -0.39 is 0 Å². The Labute approximate surface area is 115 Å². The summed E-state index contributed by atoms with van der Waals surface area (Å²) in [6.07, 6.45) is 6.05. The van der Waals surface area contributed by atoms with E-state index >= 15 is 0 Å². The van der Waals surface area contributed by atoms with Crippen molar-refractivity contribution in [2.45, 2.75) is 39.7 Å². The van der Waals surface area contributed by atoms with E-state index in [4.69, 9.17) is 0 Å². The molecule has 0 aliphatic heterocycles. The molecule has 0 fully saturated rings. The molecule has 100 valence electrons. The van der Waals surface area contributed by atoms with Crippen molar-refractivity contribution >= 4 is 5.95 Å². The summed E-state index contributed by atoms with van der Waals surface area (Å²) >= 11 is 0. The second-order valence-electron chi connectivity index (χ2n) is 5.04. The largest absolute Gasteiger partial charge is 0.352 e. The topological polar surface area (TPSA) is 37.8 Å². The maximum Gasteiger partial charge on any atom is 0.222 e. The van der Waals surface area contributed by atoms with Crippen LogP contribution in [0.25, 0.3) is 11.1 Å². The SMILES string of the molecule is CCCc1ccc(-c2cnc(NC(C)C)nc2)cc1. The Morgan fingerprint density at radius 3 is 2.16 bits per heavy atom. The minimum atomic E-state index is 0.346. The van der Waals surface area contributed by atoms with Gasteiger partial charge in [-0.3, -0.25) is 0 Å². The lowest BCUT2D eigenvalue weighted by atomic mass is 10.0. The van der Waals surface area contributed by atoms with Crippen LogP contribution >= 0.6 is 0 Å². The van der Waals surface area contributed by atoms with Crippen molar-refractivity contribution in [3.8, 4) is 11.1 Å². The Morgan fingerprint density at radius 1 is 1.00 bits per heavy atom. The zero-order valence-electron chi connectivity index (χ0n) is 11.9. The molecule has 3 heteroatoms. The van der Waals surface area contributed by atoms with Gasteiger partial charge < -0.3 is 5.32 Å². The number of hydrogen-bond donors (Lipinski definition) is 1. The van der Waals surface area contributed by atoms with Crippen molar-refractivity contribution in [2.24, 2.45) is 0 Å². The molecular weight excluding hydrogens is 234 g/mol. The molecule has 0 spiro atoms.